The normalized spacial score (nSPS) is 14.5. The largest absolute Gasteiger partial charge is 0.369 e. The Morgan fingerprint density at radius 3 is 2.76 bits per heavy atom. The summed E-state index contributed by atoms with van der Waals surface area (Å²) in [7, 11) is 0. The molecular weight excluding hydrogens is 260 g/mol. The molecule has 1 aliphatic rings. The molecule has 1 saturated carbocycles. The van der Waals surface area contributed by atoms with Gasteiger partial charge >= 0.3 is 0 Å². The molecule has 0 radical (unpaired) electrons. The van der Waals surface area contributed by atoms with Gasteiger partial charge in [0.1, 0.15) is 11.5 Å². The highest BCUT2D eigenvalue weighted by atomic mass is 15.1. The summed E-state index contributed by atoms with van der Waals surface area (Å²) in [6.07, 6.45) is 2.66. The van der Waals surface area contributed by atoms with Crippen molar-refractivity contribution in [2.75, 3.05) is 11.9 Å². The van der Waals surface area contributed by atoms with E-state index >= 15 is 0 Å². The second-order valence-corrected chi connectivity index (χ2v) is 5.80. The number of aromatic nitrogens is 3. The number of aryl methyl sites for hydroxylation is 1. The second kappa shape index (κ2) is 4.88. The summed E-state index contributed by atoms with van der Waals surface area (Å²) in [4.78, 5) is 12.7. The summed E-state index contributed by atoms with van der Waals surface area (Å²) in [5.41, 5.74) is 3.06. The molecule has 2 heterocycles. The number of nitrogens with zero attached hydrogens (tertiary/aromatic N) is 2. The molecule has 4 heteroatoms. The van der Waals surface area contributed by atoms with Gasteiger partial charge in [-0.2, -0.15) is 0 Å². The van der Waals surface area contributed by atoms with Crippen molar-refractivity contribution in [3.8, 4) is 11.4 Å². The van der Waals surface area contributed by atoms with Crippen LogP contribution in [0.4, 0.5) is 5.82 Å². The summed E-state index contributed by atoms with van der Waals surface area (Å²) in [5.74, 6) is 2.52. The van der Waals surface area contributed by atoms with Crippen molar-refractivity contribution < 1.29 is 0 Å². The van der Waals surface area contributed by atoms with Crippen molar-refractivity contribution in [3.63, 3.8) is 0 Å². The standard InChI is InChI=1S/C17H18N4/c1-11-9-14-16(18-10-12-7-8-12)20-15(21-17(14)19-11)13-5-3-2-4-6-13/h2-6,9,12H,7-8,10H2,1H3,(H2,18,19,20,21). The average molecular weight is 278 g/mol. The molecule has 3 aromatic rings. The minimum atomic E-state index is 0.767. The lowest BCUT2D eigenvalue weighted by Crippen LogP contribution is -2.06. The smallest absolute Gasteiger partial charge is 0.163 e. The Bertz CT molecular complexity index is 772. The molecule has 0 amide bonds. The molecule has 4 nitrogen and oxygen atoms in total. The maximum absolute atomic E-state index is 4.74. The molecule has 0 spiro atoms. The molecule has 1 aliphatic carbocycles. The number of aromatic amines is 1. The Morgan fingerprint density at radius 2 is 2.00 bits per heavy atom. The fourth-order valence-corrected chi connectivity index (χ4v) is 2.55. The highest BCUT2D eigenvalue weighted by Crippen LogP contribution is 2.30. The molecule has 0 saturated heterocycles. The van der Waals surface area contributed by atoms with Crippen LogP contribution in [-0.2, 0) is 0 Å². The van der Waals surface area contributed by atoms with Gasteiger partial charge in [0.2, 0.25) is 0 Å². The van der Waals surface area contributed by atoms with E-state index in [2.05, 4.69) is 28.3 Å². The van der Waals surface area contributed by atoms with Gasteiger partial charge in [-0.3, -0.25) is 0 Å². The van der Waals surface area contributed by atoms with Gasteiger partial charge in [0.25, 0.3) is 0 Å². The molecule has 0 unspecified atom stereocenters. The van der Waals surface area contributed by atoms with Gasteiger partial charge in [0.05, 0.1) is 5.39 Å². The van der Waals surface area contributed by atoms with Crippen molar-refractivity contribution in [2.45, 2.75) is 19.8 Å². The molecule has 2 aromatic heterocycles. The van der Waals surface area contributed by atoms with Crippen LogP contribution in [0, 0.1) is 12.8 Å². The zero-order valence-corrected chi connectivity index (χ0v) is 12.1. The summed E-state index contributed by atoms with van der Waals surface area (Å²) in [6, 6.07) is 12.2. The van der Waals surface area contributed by atoms with E-state index in [1.807, 2.05) is 30.3 Å². The molecule has 2 N–H and O–H groups in total. The van der Waals surface area contributed by atoms with E-state index in [4.69, 9.17) is 4.98 Å². The van der Waals surface area contributed by atoms with E-state index in [0.29, 0.717) is 0 Å². The molecule has 0 aliphatic heterocycles. The van der Waals surface area contributed by atoms with Crippen molar-refractivity contribution in [1.82, 2.24) is 15.0 Å². The van der Waals surface area contributed by atoms with E-state index in [-0.39, 0.29) is 0 Å². The van der Waals surface area contributed by atoms with Crippen LogP contribution in [0.25, 0.3) is 22.4 Å². The third-order valence-corrected chi connectivity index (χ3v) is 3.91. The lowest BCUT2D eigenvalue weighted by atomic mass is 10.2. The lowest BCUT2D eigenvalue weighted by molar-refractivity contribution is 0.884. The molecule has 1 aromatic carbocycles. The van der Waals surface area contributed by atoms with Crippen LogP contribution in [0.1, 0.15) is 18.5 Å². The summed E-state index contributed by atoms with van der Waals surface area (Å²) < 4.78 is 0. The first kappa shape index (κ1) is 12.4. The minimum absolute atomic E-state index is 0.767. The van der Waals surface area contributed by atoms with Gasteiger partial charge in [0, 0.05) is 17.8 Å². The third kappa shape index (κ3) is 2.49. The molecule has 0 atom stereocenters. The fraction of sp³-hybridized carbons (Fsp3) is 0.294. The fourth-order valence-electron chi connectivity index (χ4n) is 2.55. The Morgan fingerprint density at radius 1 is 1.19 bits per heavy atom. The van der Waals surface area contributed by atoms with Crippen LogP contribution in [0.2, 0.25) is 0 Å². The highest BCUT2D eigenvalue weighted by molar-refractivity contribution is 5.89. The Labute approximate surface area is 123 Å². The van der Waals surface area contributed by atoms with E-state index in [1.54, 1.807) is 0 Å². The van der Waals surface area contributed by atoms with Crippen molar-refractivity contribution >= 4 is 16.9 Å². The topological polar surface area (TPSA) is 53.6 Å². The maximum atomic E-state index is 4.74. The number of hydrogen-bond donors (Lipinski definition) is 2. The first-order valence-corrected chi connectivity index (χ1v) is 7.46. The Hall–Kier alpha value is -2.36. The molecule has 106 valence electrons. The predicted molar refractivity (Wildman–Crippen MR) is 85.3 cm³/mol. The second-order valence-electron chi connectivity index (χ2n) is 5.80. The van der Waals surface area contributed by atoms with E-state index < -0.39 is 0 Å². The SMILES string of the molecule is Cc1cc2c(NCC3CC3)nc(-c3ccccc3)nc2[nH]1. The van der Waals surface area contributed by atoms with Crippen LogP contribution < -0.4 is 5.32 Å². The van der Waals surface area contributed by atoms with Gasteiger partial charge < -0.3 is 10.3 Å². The predicted octanol–water partition coefficient (Wildman–Crippen LogP) is 3.76. The Kier molecular flexibility index (Phi) is 2.88. The quantitative estimate of drug-likeness (QED) is 0.764. The molecule has 1 fully saturated rings. The van der Waals surface area contributed by atoms with Gasteiger partial charge in [-0.25, -0.2) is 9.97 Å². The lowest BCUT2D eigenvalue weighted by Gasteiger charge is -2.08. The number of nitrogens with one attached hydrogen (secondary N) is 2. The summed E-state index contributed by atoms with van der Waals surface area (Å²) in [5, 5.41) is 4.58. The van der Waals surface area contributed by atoms with Gasteiger partial charge in [-0.15, -0.1) is 0 Å². The molecule has 0 bridgehead atoms. The number of rotatable bonds is 4. The van der Waals surface area contributed by atoms with E-state index in [1.165, 1.54) is 12.8 Å². The average Bonchev–Trinajstić information content (AvgIpc) is 3.25. The highest BCUT2D eigenvalue weighted by Gasteiger charge is 2.21. The number of hydrogen-bond acceptors (Lipinski definition) is 3. The van der Waals surface area contributed by atoms with Gasteiger partial charge in [-0.1, -0.05) is 30.3 Å². The van der Waals surface area contributed by atoms with Crippen molar-refractivity contribution in [1.29, 1.82) is 0 Å². The van der Waals surface area contributed by atoms with Crippen LogP contribution in [-0.4, -0.2) is 21.5 Å². The zero-order chi connectivity index (χ0) is 14.2. The number of benzene rings is 1. The minimum Gasteiger partial charge on any atom is -0.369 e. The monoisotopic (exact) mass is 278 g/mol. The van der Waals surface area contributed by atoms with Crippen molar-refractivity contribution in [3.05, 3.63) is 42.1 Å². The van der Waals surface area contributed by atoms with Crippen LogP contribution >= 0.6 is 0 Å². The molecule has 21 heavy (non-hydrogen) atoms. The summed E-state index contributed by atoms with van der Waals surface area (Å²) >= 11 is 0. The van der Waals surface area contributed by atoms with Gasteiger partial charge in [0.15, 0.2) is 5.82 Å². The van der Waals surface area contributed by atoms with Gasteiger partial charge in [-0.05, 0) is 31.7 Å². The van der Waals surface area contributed by atoms with Crippen LogP contribution in [0.15, 0.2) is 36.4 Å². The maximum Gasteiger partial charge on any atom is 0.163 e. The number of fused-ring (bicyclic) bond motifs is 1. The number of H-pyrrole nitrogens is 1. The first-order valence-electron chi connectivity index (χ1n) is 7.46. The van der Waals surface area contributed by atoms with E-state index in [9.17, 15) is 0 Å². The van der Waals surface area contributed by atoms with Crippen LogP contribution in [0.3, 0.4) is 0 Å². The third-order valence-electron chi connectivity index (χ3n) is 3.91. The molecule has 4 rings (SSSR count). The zero-order valence-electron chi connectivity index (χ0n) is 12.1. The number of anilines is 1. The van der Waals surface area contributed by atoms with Crippen molar-refractivity contribution in [2.24, 2.45) is 5.92 Å². The summed E-state index contributed by atoms with van der Waals surface area (Å²) in [6.45, 7) is 3.05. The van der Waals surface area contributed by atoms with Crippen LogP contribution in [0.5, 0.6) is 0 Å². The van der Waals surface area contributed by atoms with E-state index in [0.717, 1.165) is 46.4 Å². The molecular formula is C17H18N4. The Balaban J connectivity index is 1.80. The first-order chi connectivity index (χ1) is 10.3.